The van der Waals surface area contributed by atoms with Crippen LogP contribution in [0.25, 0.3) is 0 Å². The van der Waals surface area contributed by atoms with Crippen molar-refractivity contribution in [3.8, 4) is 5.75 Å². The van der Waals surface area contributed by atoms with E-state index in [1.54, 1.807) is 43.6 Å². The number of rotatable bonds is 5. The highest BCUT2D eigenvalue weighted by Gasteiger charge is 2.69. The van der Waals surface area contributed by atoms with Gasteiger partial charge in [-0.15, -0.1) is 0 Å². The Labute approximate surface area is 207 Å². The number of ketones is 1. The van der Waals surface area contributed by atoms with Crippen molar-refractivity contribution in [2.24, 2.45) is 5.92 Å². The summed E-state index contributed by atoms with van der Waals surface area (Å²) in [5, 5.41) is 14.3. The highest BCUT2D eigenvalue weighted by molar-refractivity contribution is 6.12. The number of carbonyl (C=O) groups is 2. The summed E-state index contributed by atoms with van der Waals surface area (Å²) in [6, 6.07) is 15.2. The number of fused-ring (bicyclic) bond motifs is 4. The lowest BCUT2D eigenvalue weighted by Crippen LogP contribution is -2.52. The van der Waals surface area contributed by atoms with Crippen LogP contribution in [-0.2, 0) is 10.3 Å². The van der Waals surface area contributed by atoms with Crippen LogP contribution in [0, 0.1) is 16.0 Å². The molecule has 4 atom stereocenters. The molecule has 2 fully saturated rings. The van der Waals surface area contributed by atoms with E-state index >= 15 is 0 Å². The summed E-state index contributed by atoms with van der Waals surface area (Å²) in [5.74, 6) is -0.909. The van der Waals surface area contributed by atoms with Crippen LogP contribution >= 0.6 is 0 Å². The summed E-state index contributed by atoms with van der Waals surface area (Å²) in [5.41, 5.74) is 1.38. The van der Waals surface area contributed by atoms with E-state index in [9.17, 15) is 19.7 Å². The fourth-order valence-electron chi connectivity index (χ4n) is 6.55. The molecular weight excluding hydrogens is 460 g/mol. The number of benzene rings is 2. The molecule has 3 aliphatic heterocycles. The van der Waals surface area contributed by atoms with Crippen LogP contribution < -0.4 is 10.1 Å². The number of carbonyl (C=O) groups excluding carboxylic acids is 2. The minimum atomic E-state index is -1.23. The second-order valence-corrected chi connectivity index (χ2v) is 9.49. The number of hydrogen-bond donors (Lipinski definition) is 1. The Morgan fingerprint density at radius 1 is 1.22 bits per heavy atom. The van der Waals surface area contributed by atoms with Crippen LogP contribution in [0.5, 0.6) is 5.75 Å². The maximum absolute atomic E-state index is 14.3. The molecule has 9 nitrogen and oxygen atoms in total. The minimum absolute atomic E-state index is 0.0152. The number of aromatic nitrogens is 1. The van der Waals surface area contributed by atoms with Gasteiger partial charge in [-0.25, -0.2) is 0 Å². The zero-order chi connectivity index (χ0) is 25.0. The van der Waals surface area contributed by atoms with Gasteiger partial charge in [0.05, 0.1) is 18.0 Å². The second kappa shape index (κ2) is 8.23. The number of hydrogen-bond acceptors (Lipinski definition) is 7. The van der Waals surface area contributed by atoms with Crippen LogP contribution in [0.1, 0.15) is 40.2 Å². The van der Waals surface area contributed by atoms with Crippen molar-refractivity contribution in [2.45, 2.75) is 30.3 Å². The van der Waals surface area contributed by atoms with Crippen molar-refractivity contribution in [3.05, 3.63) is 93.8 Å². The number of methoxy groups -OCH3 is 1. The molecule has 9 heteroatoms. The predicted molar refractivity (Wildman–Crippen MR) is 131 cm³/mol. The molecule has 3 aliphatic rings. The van der Waals surface area contributed by atoms with Gasteiger partial charge in [0.2, 0.25) is 5.91 Å². The molecule has 2 aromatic carbocycles. The molecule has 0 aliphatic carbocycles. The summed E-state index contributed by atoms with van der Waals surface area (Å²) in [4.78, 5) is 45.5. The standard InChI is InChI=1S/C27H24N4O5/c1-36-19-10-11-21-20(14-19)27(26(33)29-21)24(25(32)17-4-2-12-28-15-17)23(22-5-3-13-30(22)27)16-6-8-18(9-7-16)31(34)35/h2,4,6-12,14-15,22-24H,3,5,13H2,1H3,(H,29,33)/t22-,23+,24+,27-/m1/s1. The van der Waals surface area contributed by atoms with Crippen molar-refractivity contribution < 1.29 is 19.2 Å². The molecule has 0 saturated carbocycles. The summed E-state index contributed by atoms with van der Waals surface area (Å²) in [6.45, 7) is 0.662. The van der Waals surface area contributed by atoms with E-state index < -0.39 is 16.4 Å². The Morgan fingerprint density at radius 2 is 2.03 bits per heavy atom. The minimum Gasteiger partial charge on any atom is -0.497 e. The molecule has 1 spiro atoms. The molecule has 0 unspecified atom stereocenters. The van der Waals surface area contributed by atoms with Crippen molar-refractivity contribution in [2.75, 3.05) is 19.0 Å². The van der Waals surface area contributed by atoms with E-state index in [1.165, 1.54) is 18.3 Å². The Kier molecular flexibility index (Phi) is 5.11. The average molecular weight is 485 g/mol. The molecular formula is C27H24N4O5. The first kappa shape index (κ1) is 22.4. The van der Waals surface area contributed by atoms with Gasteiger partial charge in [-0.3, -0.25) is 29.6 Å². The largest absolute Gasteiger partial charge is 0.497 e. The van der Waals surface area contributed by atoms with E-state index in [4.69, 9.17) is 4.74 Å². The monoisotopic (exact) mass is 484 g/mol. The van der Waals surface area contributed by atoms with Crippen LogP contribution in [0.15, 0.2) is 67.0 Å². The zero-order valence-corrected chi connectivity index (χ0v) is 19.6. The number of nitro benzene ring substituents is 1. The lowest BCUT2D eigenvalue weighted by atomic mass is 9.69. The van der Waals surface area contributed by atoms with Crippen molar-refractivity contribution >= 4 is 23.1 Å². The smallest absolute Gasteiger partial charge is 0.269 e. The molecule has 1 amide bonds. The fourth-order valence-corrected chi connectivity index (χ4v) is 6.55. The number of nitrogens with zero attached hydrogens (tertiary/aromatic N) is 3. The van der Waals surface area contributed by atoms with Crippen molar-refractivity contribution in [1.82, 2.24) is 9.88 Å². The molecule has 0 bridgehead atoms. The van der Waals surface area contributed by atoms with Gasteiger partial charge in [0.1, 0.15) is 11.3 Å². The number of nitrogens with one attached hydrogen (secondary N) is 1. The number of ether oxygens (including phenoxy) is 1. The number of amides is 1. The van der Waals surface area contributed by atoms with Gasteiger partial charge >= 0.3 is 0 Å². The van der Waals surface area contributed by atoms with Gasteiger partial charge in [-0.05, 0) is 55.3 Å². The van der Waals surface area contributed by atoms with Crippen LogP contribution in [-0.4, -0.2) is 46.2 Å². The molecule has 1 N–H and O–H groups in total. The fraction of sp³-hybridized carbons (Fsp3) is 0.296. The van der Waals surface area contributed by atoms with Crippen molar-refractivity contribution in [1.29, 1.82) is 0 Å². The highest BCUT2D eigenvalue weighted by Crippen LogP contribution is 2.61. The molecule has 2 saturated heterocycles. The molecule has 6 rings (SSSR count). The quantitative estimate of drug-likeness (QED) is 0.332. The van der Waals surface area contributed by atoms with E-state index in [-0.39, 0.29) is 29.3 Å². The summed E-state index contributed by atoms with van der Waals surface area (Å²) in [6.07, 6.45) is 4.84. The van der Waals surface area contributed by atoms with Crippen LogP contribution in [0.2, 0.25) is 0 Å². The Balaban J connectivity index is 1.60. The zero-order valence-electron chi connectivity index (χ0n) is 19.6. The molecule has 0 radical (unpaired) electrons. The maximum atomic E-state index is 14.3. The third kappa shape index (κ3) is 3.02. The molecule has 4 heterocycles. The van der Waals surface area contributed by atoms with Gasteiger partial charge in [-0.1, -0.05) is 12.1 Å². The lowest BCUT2D eigenvalue weighted by molar-refractivity contribution is -0.384. The third-order valence-electron chi connectivity index (χ3n) is 7.93. The normalized spacial score (nSPS) is 26.5. The van der Waals surface area contributed by atoms with Crippen molar-refractivity contribution in [3.63, 3.8) is 0 Å². The van der Waals surface area contributed by atoms with E-state index in [2.05, 4.69) is 15.2 Å². The number of Topliss-reactive ketones (excluding diaryl/α,β-unsaturated/α-hetero) is 1. The topological polar surface area (TPSA) is 115 Å². The first-order valence-electron chi connectivity index (χ1n) is 11.9. The maximum Gasteiger partial charge on any atom is 0.269 e. The lowest BCUT2D eigenvalue weighted by Gasteiger charge is -2.37. The Morgan fingerprint density at radius 3 is 2.72 bits per heavy atom. The first-order chi connectivity index (χ1) is 17.5. The van der Waals surface area contributed by atoms with Crippen LogP contribution in [0.3, 0.4) is 0 Å². The average Bonchev–Trinajstić information content (AvgIpc) is 3.57. The SMILES string of the molecule is COc1ccc2c(c1)[C@]1(C(=O)N2)[C@H](C(=O)c2cccnc2)[C@@H](c2ccc([N+](=O)[O-])cc2)[C@H]2CCCN21. The molecule has 182 valence electrons. The van der Waals surface area contributed by atoms with E-state index in [0.717, 1.165) is 24.0 Å². The molecule has 36 heavy (non-hydrogen) atoms. The summed E-state index contributed by atoms with van der Waals surface area (Å²) >= 11 is 0. The Bertz CT molecular complexity index is 1380. The first-order valence-corrected chi connectivity index (χ1v) is 11.9. The third-order valence-corrected chi connectivity index (χ3v) is 7.93. The van der Waals surface area contributed by atoms with Gasteiger partial charge in [0, 0.05) is 53.3 Å². The van der Waals surface area contributed by atoms with Gasteiger partial charge in [-0.2, -0.15) is 0 Å². The number of non-ortho nitro benzene ring substituents is 1. The predicted octanol–water partition coefficient (Wildman–Crippen LogP) is 3.91. The summed E-state index contributed by atoms with van der Waals surface area (Å²) in [7, 11) is 1.57. The number of nitro groups is 1. The molecule has 1 aromatic heterocycles. The highest BCUT2D eigenvalue weighted by atomic mass is 16.6. The summed E-state index contributed by atoms with van der Waals surface area (Å²) < 4.78 is 5.50. The van der Waals surface area contributed by atoms with Gasteiger partial charge < -0.3 is 10.1 Å². The van der Waals surface area contributed by atoms with E-state index in [1.807, 2.05) is 12.1 Å². The van der Waals surface area contributed by atoms with Gasteiger partial charge in [0.25, 0.3) is 5.69 Å². The van der Waals surface area contributed by atoms with E-state index in [0.29, 0.717) is 23.5 Å². The number of pyridine rings is 1. The second-order valence-electron chi connectivity index (χ2n) is 9.49. The Hall–Kier alpha value is -4.11. The van der Waals surface area contributed by atoms with Gasteiger partial charge in [0.15, 0.2) is 5.78 Å². The number of anilines is 1. The van der Waals surface area contributed by atoms with Crippen LogP contribution in [0.4, 0.5) is 11.4 Å². The molecule has 3 aromatic rings.